The molecule has 2 N–H and O–H groups in total. The van der Waals surface area contributed by atoms with Gasteiger partial charge in [-0.15, -0.1) is 0 Å². The number of benzene rings is 2. The number of sulfone groups is 1. The molecule has 0 spiro atoms. The van der Waals surface area contributed by atoms with Crippen LogP contribution < -0.4 is 15.0 Å². The lowest BCUT2D eigenvalue weighted by molar-refractivity contribution is -0.111. The van der Waals surface area contributed by atoms with Crippen molar-refractivity contribution in [3.05, 3.63) is 73.6 Å². The summed E-state index contributed by atoms with van der Waals surface area (Å²) < 4.78 is 29.4. The van der Waals surface area contributed by atoms with E-state index in [1.807, 2.05) is 30.3 Å². The van der Waals surface area contributed by atoms with E-state index in [9.17, 15) is 13.2 Å². The Bertz CT molecular complexity index is 1500. The van der Waals surface area contributed by atoms with Gasteiger partial charge in [-0.05, 0) is 42.0 Å². The molecule has 178 valence electrons. The molecule has 0 aliphatic carbocycles. The van der Waals surface area contributed by atoms with Crippen molar-refractivity contribution in [1.82, 2.24) is 15.0 Å². The summed E-state index contributed by atoms with van der Waals surface area (Å²) in [5.74, 6) is 0.959. The maximum atomic E-state index is 11.7. The average Bonchev–Trinajstić information content (AvgIpc) is 3.30. The van der Waals surface area contributed by atoms with E-state index in [4.69, 9.17) is 4.74 Å². The molecule has 4 aromatic rings. The highest BCUT2D eigenvalue weighted by Gasteiger charge is 2.21. The molecule has 35 heavy (non-hydrogen) atoms. The predicted molar refractivity (Wildman–Crippen MR) is 136 cm³/mol. The van der Waals surface area contributed by atoms with Crippen LogP contribution in [0.5, 0.6) is 11.6 Å². The van der Waals surface area contributed by atoms with Crippen molar-refractivity contribution in [1.29, 1.82) is 0 Å². The quantitative estimate of drug-likeness (QED) is 0.396. The Morgan fingerprint density at radius 2 is 1.86 bits per heavy atom. The van der Waals surface area contributed by atoms with E-state index in [1.54, 1.807) is 24.3 Å². The van der Waals surface area contributed by atoms with Gasteiger partial charge in [0.25, 0.3) is 0 Å². The molecule has 1 aliphatic heterocycles. The first kappa shape index (κ1) is 22.6. The first-order valence-electron chi connectivity index (χ1n) is 11.0. The normalized spacial score (nSPS) is 15.0. The zero-order chi connectivity index (χ0) is 24.4. The van der Waals surface area contributed by atoms with E-state index < -0.39 is 9.84 Å². The van der Waals surface area contributed by atoms with Crippen molar-refractivity contribution in [3.63, 3.8) is 0 Å². The van der Waals surface area contributed by atoms with Gasteiger partial charge in [-0.1, -0.05) is 24.8 Å². The van der Waals surface area contributed by atoms with Gasteiger partial charge in [0.2, 0.25) is 11.8 Å². The Morgan fingerprint density at radius 3 is 2.60 bits per heavy atom. The Hall–Kier alpha value is -4.18. The number of hydrogen-bond donors (Lipinski definition) is 2. The highest BCUT2D eigenvalue weighted by atomic mass is 32.2. The summed E-state index contributed by atoms with van der Waals surface area (Å²) in [6.07, 6.45) is 2.63. The van der Waals surface area contributed by atoms with Gasteiger partial charge < -0.3 is 19.9 Å². The molecule has 10 heteroatoms. The third kappa shape index (κ3) is 5.02. The number of carbonyl (C=O) groups is 1. The number of anilines is 2. The number of fused-ring (bicyclic) bond motifs is 1. The summed E-state index contributed by atoms with van der Waals surface area (Å²) >= 11 is 0. The number of rotatable bonds is 6. The number of hydrogen-bond acceptors (Lipinski definition) is 7. The second-order valence-corrected chi connectivity index (χ2v) is 10.4. The lowest BCUT2D eigenvalue weighted by Crippen LogP contribution is -2.40. The first-order chi connectivity index (χ1) is 16.9. The van der Waals surface area contributed by atoms with Gasteiger partial charge in [-0.3, -0.25) is 4.79 Å². The number of aromatic amines is 1. The SMILES string of the molecule is C=CC(=O)Nc1cccc(Oc2ncnc3[nH]c(-c4ccc(N5CCS(=O)(=O)CC5)cc4)cc23)c1. The summed E-state index contributed by atoms with van der Waals surface area (Å²) in [7, 11) is -2.92. The van der Waals surface area contributed by atoms with Crippen molar-refractivity contribution >= 4 is 38.2 Å². The molecule has 0 bridgehead atoms. The fourth-order valence-corrected chi connectivity index (χ4v) is 5.12. The van der Waals surface area contributed by atoms with Gasteiger partial charge in [0.15, 0.2) is 9.84 Å². The Morgan fingerprint density at radius 1 is 1.09 bits per heavy atom. The molecule has 0 unspecified atom stereocenters. The van der Waals surface area contributed by atoms with E-state index >= 15 is 0 Å². The number of nitrogens with one attached hydrogen (secondary N) is 2. The van der Waals surface area contributed by atoms with Crippen molar-refractivity contribution in [2.24, 2.45) is 0 Å². The van der Waals surface area contributed by atoms with E-state index in [-0.39, 0.29) is 17.4 Å². The monoisotopic (exact) mass is 489 g/mol. The largest absolute Gasteiger partial charge is 0.438 e. The minimum Gasteiger partial charge on any atom is -0.438 e. The van der Waals surface area contributed by atoms with Gasteiger partial charge in [-0.2, -0.15) is 0 Å². The van der Waals surface area contributed by atoms with Crippen molar-refractivity contribution in [2.75, 3.05) is 34.8 Å². The molecule has 5 rings (SSSR count). The molecular formula is C25H23N5O4S. The van der Waals surface area contributed by atoms with Gasteiger partial charge in [0, 0.05) is 36.2 Å². The van der Waals surface area contributed by atoms with Crippen molar-refractivity contribution in [3.8, 4) is 22.9 Å². The molecule has 1 saturated heterocycles. The molecule has 1 fully saturated rings. The zero-order valence-electron chi connectivity index (χ0n) is 18.8. The van der Waals surface area contributed by atoms with Crippen LogP contribution in [-0.4, -0.2) is 53.9 Å². The van der Waals surface area contributed by atoms with Crippen LogP contribution in [0.1, 0.15) is 0 Å². The number of ether oxygens (including phenoxy) is 1. The second kappa shape index (κ2) is 9.22. The molecule has 0 radical (unpaired) electrons. The Kier molecular flexibility index (Phi) is 5.96. The highest BCUT2D eigenvalue weighted by molar-refractivity contribution is 7.91. The van der Waals surface area contributed by atoms with E-state index in [0.29, 0.717) is 41.4 Å². The third-order valence-electron chi connectivity index (χ3n) is 5.78. The molecule has 2 aromatic heterocycles. The summed E-state index contributed by atoms with van der Waals surface area (Å²) in [6, 6.07) is 16.9. The van der Waals surface area contributed by atoms with Crippen LogP contribution in [0.3, 0.4) is 0 Å². The first-order valence-corrected chi connectivity index (χ1v) is 12.8. The molecule has 0 saturated carbocycles. The minimum atomic E-state index is -2.92. The van der Waals surface area contributed by atoms with Crippen LogP contribution >= 0.6 is 0 Å². The smallest absolute Gasteiger partial charge is 0.247 e. The molecule has 9 nitrogen and oxygen atoms in total. The highest BCUT2D eigenvalue weighted by Crippen LogP contribution is 2.32. The maximum absolute atomic E-state index is 11.7. The van der Waals surface area contributed by atoms with Crippen LogP contribution in [0.25, 0.3) is 22.3 Å². The molecule has 3 heterocycles. The fourth-order valence-electron chi connectivity index (χ4n) is 3.92. The molecule has 1 aliphatic rings. The maximum Gasteiger partial charge on any atom is 0.247 e. The molecule has 0 atom stereocenters. The lowest BCUT2D eigenvalue weighted by Gasteiger charge is -2.28. The third-order valence-corrected chi connectivity index (χ3v) is 7.39. The topological polar surface area (TPSA) is 117 Å². The molecular weight excluding hydrogens is 466 g/mol. The van der Waals surface area contributed by atoms with Crippen LogP contribution in [0.15, 0.2) is 73.6 Å². The van der Waals surface area contributed by atoms with Gasteiger partial charge >= 0.3 is 0 Å². The average molecular weight is 490 g/mol. The van der Waals surface area contributed by atoms with E-state index in [2.05, 4.69) is 31.7 Å². The predicted octanol–water partition coefficient (Wildman–Crippen LogP) is 3.78. The molecule has 2 aromatic carbocycles. The number of aromatic nitrogens is 3. The second-order valence-electron chi connectivity index (χ2n) is 8.13. The van der Waals surface area contributed by atoms with Crippen LogP contribution in [0.2, 0.25) is 0 Å². The number of H-pyrrole nitrogens is 1. The van der Waals surface area contributed by atoms with E-state index in [0.717, 1.165) is 16.9 Å². The number of amides is 1. The standard InChI is InChI=1S/C25H23N5O4S/c1-2-23(31)28-18-4-3-5-20(14-18)34-25-21-15-22(29-24(21)26-16-27-25)17-6-8-19(9-7-17)30-10-12-35(32,33)13-11-30/h2-9,14-16H,1,10-13H2,(H,28,31)(H,26,27,29). The number of nitrogens with zero attached hydrogens (tertiary/aromatic N) is 3. The van der Waals surface area contributed by atoms with Crippen LogP contribution in [0, 0.1) is 0 Å². The summed E-state index contributed by atoms with van der Waals surface area (Å²) in [6.45, 7) is 4.46. The molecule has 1 amide bonds. The van der Waals surface area contributed by atoms with Gasteiger partial charge in [-0.25, -0.2) is 18.4 Å². The van der Waals surface area contributed by atoms with Crippen LogP contribution in [-0.2, 0) is 14.6 Å². The van der Waals surface area contributed by atoms with Crippen molar-refractivity contribution < 1.29 is 17.9 Å². The lowest BCUT2D eigenvalue weighted by atomic mass is 10.1. The zero-order valence-corrected chi connectivity index (χ0v) is 19.6. The number of carbonyl (C=O) groups excluding carboxylic acids is 1. The Labute approximate surface area is 202 Å². The minimum absolute atomic E-state index is 0.182. The van der Waals surface area contributed by atoms with E-state index in [1.165, 1.54) is 12.4 Å². The van der Waals surface area contributed by atoms with Gasteiger partial charge in [0.1, 0.15) is 17.7 Å². The van der Waals surface area contributed by atoms with Crippen molar-refractivity contribution in [2.45, 2.75) is 0 Å². The van der Waals surface area contributed by atoms with Crippen LogP contribution in [0.4, 0.5) is 11.4 Å². The summed E-state index contributed by atoms with van der Waals surface area (Å²) in [4.78, 5) is 25.6. The summed E-state index contributed by atoms with van der Waals surface area (Å²) in [5, 5.41) is 3.42. The van der Waals surface area contributed by atoms with Gasteiger partial charge in [0.05, 0.1) is 16.9 Å². The fraction of sp³-hybridized carbons (Fsp3) is 0.160. The summed E-state index contributed by atoms with van der Waals surface area (Å²) in [5.41, 5.74) is 4.01. The Balaban J connectivity index is 1.37.